The predicted molar refractivity (Wildman–Crippen MR) is 107 cm³/mol. The molecular formula is C18H18N4O3S2. The van der Waals surface area contributed by atoms with E-state index < -0.39 is 9.84 Å². The van der Waals surface area contributed by atoms with Crippen molar-refractivity contribution in [1.82, 2.24) is 10.3 Å². The molecule has 2 aliphatic rings. The molecule has 0 spiro atoms. The number of amides is 1. The summed E-state index contributed by atoms with van der Waals surface area (Å²) in [5, 5.41) is 6.73. The number of nitrogens with zero attached hydrogens (tertiary/aromatic N) is 2. The third kappa shape index (κ3) is 4.30. The molecule has 2 atom stereocenters. The molecular weight excluding hydrogens is 384 g/mol. The first kappa shape index (κ1) is 18.0. The second-order valence-corrected chi connectivity index (χ2v) is 9.83. The molecule has 2 aliphatic heterocycles. The highest BCUT2D eigenvalue weighted by Crippen LogP contribution is 2.34. The maximum atomic E-state index is 12.4. The van der Waals surface area contributed by atoms with Crippen LogP contribution in [-0.2, 0) is 16.4 Å². The lowest BCUT2D eigenvalue weighted by molar-refractivity contribution is 0.0950. The lowest BCUT2D eigenvalue weighted by atomic mass is 10.2. The molecule has 4 rings (SSSR count). The van der Waals surface area contributed by atoms with Gasteiger partial charge in [-0.15, -0.1) is 0 Å². The highest BCUT2D eigenvalue weighted by molar-refractivity contribution is 8.15. The molecule has 0 bridgehead atoms. The molecule has 3 heterocycles. The number of carbonyl (C=O) groups excluding carboxylic acids is 1. The van der Waals surface area contributed by atoms with Gasteiger partial charge in [0.05, 0.1) is 29.8 Å². The van der Waals surface area contributed by atoms with Gasteiger partial charge >= 0.3 is 0 Å². The summed E-state index contributed by atoms with van der Waals surface area (Å²) in [7, 11) is -2.96. The van der Waals surface area contributed by atoms with Gasteiger partial charge < -0.3 is 10.6 Å². The molecule has 9 heteroatoms. The third-order valence-corrected chi connectivity index (χ3v) is 7.49. The third-order valence-electron chi connectivity index (χ3n) is 4.35. The van der Waals surface area contributed by atoms with Gasteiger partial charge in [0.1, 0.15) is 0 Å². The molecule has 1 amide bonds. The molecule has 2 N–H and O–H groups in total. The van der Waals surface area contributed by atoms with Crippen molar-refractivity contribution in [1.29, 1.82) is 0 Å². The number of benzene rings is 1. The van der Waals surface area contributed by atoms with E-state index in [1.54, 1.807) is 24.4 Å². The van der Waals surface area contributed by atoms with Crippen molar-refractivity contribution in [3.05, 3.63) is 59.9 Å². The van der Waals surface area contributed by atoms with Crippen LogP contribution in [0.5, 0.6) is 0 Å². The summed E-state index contributed by atoms with van der Waals surface area (Å²) < 4.78 is 23.3. The van der Waals surface area contributed by atoms with Crippen molar-refractivity contribution < 1.29 is 13.2 Å². The molecule has 1 fully saturated rings. The number of amidine groups is 1. The number of rotatable bonds is 4. The highest BCUT2D eigenvalue weighted by Gasteiger charge is 2.42. The Morgan fingerprint density at radius 1 is 1.19 bits per heavy atom. The first-order valence-electron chi connectivity index (χ1n) is 8.49. The number of pyridine rings is 1. The second-order valence-electron chi connectivity index (χ2n) is 6.44. The summed E-state index contributed by atoms with van der Waals surface area (Å²) in [4.78, 5) is 21.0. The number of fused-ring (bicyclic) bond motifs is 1. The van der Waals surface area contributed by atoms with E-state index in [4.69, 9.17) is 0 Å². The normalized spacial score (nSPS) is 22.7. The highest BCUT2D eigenvalue weighted by atomic mass is 32.2. The average Bonchev–Trinajstić information content (AvgIpc) is 3.13. The zero-order chi connectivity index (χ0) is 18.9. The monoisotopic (exact) mass is 402 g/mol. The number of hydrogen-bond donors (Lipinski definition) is 2. The van der Waals surface area contributed by atoms with E-state index in [1.165, 1.54) is 11.8 Å². The van der Waals surface area contributed by atoms with Gasteiger partial charge in [-0.25, -0.2) is 8.42 Å². The number of anilines is 1. The first-order chi connectivity index (χ1) is 13.0. The Morgan fingerprint density at radius 2 is 2.07 bits per heavy atom. The Morgan fingerprint density at radius 3 is 2.85 bits per heavy atom. The smallest absolute Gasteiger partial charge is 0.251 e. The maximum Gasteiger partial charge on any atom is 0.251 e. The van der Waals surface area contributed by atoms with Gasteiger partial charge in [-0.05, 0) is 30.3 Å². The number of aliphatic imine (C=N–C) groups is 1. The van der Waals surface area contributed by atoms with Gasteiger partial charge in [0.25, 0.3) is 5.91 Å². The van der Waals surface area contributed by atoms with Crippen LogP contribution in [0.15, 0.2) is 53.7 Å². The average molecular weight is 403 g/mol. The quantitative estimate of drug-likeness (QED) is 0.807. The summed E-state index contributed by atoms with van der Waals surface area (Å²) in [6, 6.07) is 12.5. The fourth-order valence-corrected chi connectivity index (χ4v) is 6.73. The molecule has 0 aliphatic carbocycles. The Labute approximate surface area is 161 Å². The fourth-order valence-electron chi connectivity index (χ4n) is 3.05. The summed E-state index contributed by atoms with van der Waals surface area (Å²) >= 11 is 1.45. The SMILES string of the molecule is O=C(NCc1ccccn1)c1cccc(NC2=N[C@@H]3CS(=O)(=O)C[C@@H]3S2)c1. The van der Waals surface area contributed by atoms with Crippen molar-refractivity contribution in [2.45, 2.75) is 17.8 Å². The minimum atomic E-state index is -2.96. The topological polar surface area (TPSA) is 101 Å². The summed E-state index contributed by atoms with van der Waals surface area (Å²) in [6.07, 6.45) is 1.69. The van der Waals surface area contributed by atoms with E-state index in [9.17, 15) is 13.2 Å². The van der Waals surface area contributed by atoms with Crippen molar-refractivity contribution in [2.75, 3.05) is 16.8 Å². The summed E-state index contributed by atoms with van der Waals surface area (Å²) in [6.45, 7) is 0.359. The lowest BCUT2D eigenvalue weighted by Gasteiger charge is -2.09. The first-order valence-corrected chi connectivity index (χ1v) is 11.2. The molecule has 1 aromatic heterocycles. The number of hydrogen-bond acceptors (Lipinski definition) is 7. The zero-order valence-electron chi connectivity index (χ0n) is 14.3. The lowest BCUT2D eigenvalue weighted by Crippen LogP contribution is -2.23. The zero-order valence-corrected chi connectivity index (χ0v) is 16.0. The van der Waals surface area contributed by atoms with Gasteiger partial charge in [0.15, 0.2) is 15.0 Å². The molecule has 1 saturated heterocycles. The van der Waals surface area contributed by atoms with Crippen LogP contribution in [0.3, 0.4) is 0 Å². The Hall–Kier alpha value is -2.39. The van der Waals surface area contributed by atoms with Crippen LogP contribution in [0.1, 0.15) is 16.1 Å². The van der Waals surface area contributed by atoms with E-state index in [2.05, 4.69) is 20.6 Å². The Balaban J connectivity index is 1.39. The van der Waals surface area contributed by atoms with Crippen LogP contribution < -0.4 is 10.6 Å². The summed E-state index contributed by atoms with van der Waals surface area (Å²) in [5.74, 6) is 0.104. The molecule has 0 radical (unpaired) electrons. The Kier molecular flexibility index (Phi) is 4.88. The number of thioether (sulfide) groups is 1. The molecule has 0 unspecified atom stereocenters. The van der Waals surface area contributed by atoms with Crippen LogP contribution >= 0.6 is 11.8 Å². The van der Waals surface area contributed by atoms with Gasteiger partial charge in [0, 0.05) is 22.7 Å². The molecule has 2 aromatic rings. The van der Waals surface area contributed by atoms with E-state index >= 15 is 0 Å². The van der Waals surface area contributed by atoms with Crippen LogP contribution in [0.2, 0.25) is 0 Å². The van der Waals surface area contributed by atoms with Crippen molar-refractivity contribution in [3.8, 4) is 0 Å². The number of nitrogens with one attached hydrogen (secondary N) is 2. The molecule has 7 nitrogen and oxygen atoms in total. The van der Waals surface area contributed by atoms with E-state index in [0.29, 0.717) is 17.3 Å². The van der Waals surface area contributed by atoms with Crippen LogP contribution in [-0.4, -0.2) is 47.3 Å². The maximum absolute atomic E-state index is 12.4. The van der Waals surface area contributed by atoms with Gasteiger partial charge in [0.2, 0.25) is 0 Å². The van der Waals surface area contributed by atoms with E-state index in [-0.39, 0.29) is 28.7 Å². The summed E-state index contributed by atoms with van der Waals surface area (Å²) in [5.41, 5.74) is 2.07. The van der Waals surface area contributed by atoms with Gasteiger partial charge in [-0.2, -0.15) is 0 Å². The molecule has 1 aromatic carbocycles. The minimum Gasteiger partial charge on any atom is -0.346 e. The van der Waals surface area contributed by atoms with Crippen molar-refractivity contribution >= 4 is 38.4 Å². The van der Waals surface area contributed by atoms with Crippen LogP contribution in [0, 0.1) is 0 Å². The fraction of sp³-hybridized carbons (Fsp3) is 0.278. The van der Waals surface area contributed by atoms with Crippen LogP contribution in [0.25, 0.3) is 0 Å². The van der Waals surface area contributed by atoms with E-state index in [1.807, 2.05) is 24.3 Å². The molecule has 140 valence electrons. The molecule has 27 heavy (non-hydrogen) atoms. The Bertz CT molecular complexity index is 993. The van der Waals surface area contributed by atoms with Crippen molar-refractivity contribution in [2.24, 2.45) is 4.99 Å². The standard InChI is InChI=1S/C18H18N4O3S2/c23-17(20-9-14-5-1-2-7-19-14)12-4-3-6-13(8-12)21-18-22-15-10-27(24,25)11-16(15)26-18/h1-8,15-16H,9-11H2,(H,20,23)(H,21,22)/t15-,16+/m1/s1. The largest absolute Gasteiger partial charge is 0.346 e. The van der Waals surface area contributed by atoms with Crippen LogP contribution in [0.4, 0.5) is 5.69 Å². The predicted octanol–water partition coefficient (Wildman–Crippen LogP) is 1.69. The molecule has 0 saturated carbocycles. The van der Waals surface area contributed by atoms with Gasteiger partial charge in [-0.1, -0.05) is 23.9 Å². The number of aromatic nitrogens is 1. The van der Waals surface area contributed by atoms with Gasteiger partial charge in [-0.3, -0.25) is 14.8 Å². The minimum absolute atomic E-state index is 0.0117. The number of sulfone groups is 1. The number of carbonyl (C=O) groups is 1. The van der Waals surface area contributed by atoms with E-state index in [0.717, 1.165) is 11.4 Å². The van der Waals surface area contributed by atoms with Crippen molar-refractivity contribution in [3.63, 3.8) is 0 Å². The second kappa shape index (κ2) is 7.32.